The van der Waals surface area contributed by atoms with Gasteiger partial charge in [-0.05, 0) is 25.0 Å². The van der Waals surface area contributed by atoms with E-state index in [1.165, 1.54) is 18.2 Å². The second-order valence-corrected chi connectivity index (χ2v) is 9.54. The van der Waals surface area contributed by atoms with Gasteiger partial charge in [0.2, 0.25) is 5.91 Å². The molecule has 0 saturated heterocycles. The first kappa shape index (κ1) is 24.2. The number of fused-ring (bicyclic) bond motifs is 1. The molecule has 0 spiro atoms. The molecule has 0 aliphatic heterocycles. The van der Waals surface area contributed by atoms with Gasteiger partial charge in [-0.1, -0.05) is 31.0 Å². The van der Waals surface area contributed by atoms with E-state index >= 15 is 0 Å². The standard InChI is InChI=1S/C23H31N7O3S/c1-29-15-26-28-23(29)34-11-8-24-22(32)18-12-17(27-21(31)16-6-4-3-5-7-16)13-19-20(18)30(14-25-19)9-10-33-2/h12-16H,3-11H2,1-2H3,(H,24,32)(H,27,31). The SMILES string of the molecule is COCCn1cnc2cc(NC(=O)C3CCCCC3)cc(C(=O)NCCSc3nncn3C)c21. The number of nitrogens with zero attached hydrogens (tertiary/aromatic N) is 5. The lowest BCUT2D eigenvalue weighted by atomic mass is 9.88. The van der Waals surface area contributed by atoms with Gasteiger partial charge in [0.1, 0.15) is 6.33 Å². The Balaban J connectivity index is 1.51. The molecule has 182 valence electrons. The zero-order chi connectivity index (χ0) is 23.9. The highest BCUT2D eigenvalue weighted by Crippen LogP contribution is 2.27. The van der Waals surface area contributed by atoms with Gasteiger partial charge in [0.15, 0.2) is 5.16 Å². The van der Waals surface area contributed by atoms with E-state index in [9.17, 15) is 9.59 Å². The van der Waals surface area contributed by atoms with Crippen molar-refractivity contribution in [3.63, 3.8) is 0 Å². The molecular formula is C23H31N7O3S. The Morgan fingerprint density at radius 1 is 1.21 bits per heavy atom. The van der Waals surface area contributed by atoms with Crippen molar-refractivity contribution >= 4 is 40.3 Å². The lowest BCUT2D eigenvalue weighted by Crippen LogP contribution is -2.27. The maximum absolute atomic E-state index is 13.2. The zero-order valence-electron chi connectivity index (χ0n) is 19.6. The summed E-state index contributed by atoms with van der Waals surface area (Å²) in [4.78, 5) is 30.5. The van der Waals surface area contributed by atoms with Crippen molar-refractivity contribution in [1.29, 1.82) is 0 Å². The van der Waals surface area contributed by atoms with Gasteiger partial charge in [0.05, 0.1) is 29.5 Å². The third kappa shape index (κ3) is 5.76. The molecule has 34 heavy (non-hydrogen) atoms. The summed E-state index contributed by atoms with van der Waals surface area (Å²) in [6.45, 7) is 1.53. The number of aromatic nitrogens is 5. The van der Waals surface area contributed by atoms with Gasteiger partial charge >= 0.3 is 0 Å². The highest BCUT2D eigenvalue weighted by Gasteiger charge is 2.23. The largest absolute Gasteiger partial charge is 0.383 e. The van der Waals surface area contributed by atoms with Crippen LogP contribution in [0.15, 0.2) is 29.9 Å². The Labute approximate surface area is 202 Å². The molecule has 2 N–H and O–H groups in total. The van der Waals surface area contributed by atoms with E-state index < -0.39 is 0 Å². The first-order chi connectivity index (χ1) is 16.6. The van der Waals surface area contributed by atoms with Crippen LogP contribution in [0.5, 0.6) is 0 Å². The molecule has 4 rings (SSSR count). The molecule has 10 nitrogen and oxygen atoms in total. The molecule has 0 bridgehead atoms. The number of aryl methyl sites for hydroxylation is 1. The molecule has 0 atom stereocenters. The normalized spacial score (nSPS) is 14.4. The van der Waals surface area contributed by atoms with Crippen LogP contribution in [0.1, 0.15) is 42.5 Å². The lowest BCUT2D eigenvalue weighted by Gasteiger charge is -2.21. The number of nitrogens with one attached hydrogen (secondary N) is 2. The minimum absolute atomic E-state index is 0.0179. The molecule has 1 saturated carbocycles. The van der Waals surface area contributed by atoms with E-state index in [2.05, 4.69) is 25.8 Å². The number of rotatable bonds is 10. The topological polar surface area (TPSA) is 116 Å². The average Bonchev–Trinajstić information content (AvgIpc) is 3.46. The third-order valence-electron chi connectivity index (χ3n) is 6.03. The first-order valence-corrected chi connectivity index (χ1v) is 12.6. The summed E-state index contributed by atoms with van der Waals surface area (Å²) in [5.74, 6) is 0.488. The number of ether oxygens (including phenoxy) is 1. The molecule has 1 aliphatic rings. The highest BCUT2D eigenvalue weighted by atomic mass is 32.2. The van der Waals surface area contributed by atoms with Gasteiger partial charge in [-0.15, -0.1) is 10.2 Å². The second-order valence-electron chi connectivity index (χ2n) is 8.48. The third-order valence-corrected chi connectivity index (χ3v) is 7.06. The molecule has 2 aromatic heterocycles. The van der Waals surface area contributed by atoms with Gasteiger partial charge in [-0.25, -0.2) is 4.98 Å². The Morgan fingerprint density at radius 3 is 2.76 bits per heavy atom. The number of anilines is 1. The summed E-state index contributed by atoms with van der Waals surface area (Å²) >= 11 is 1.52. The lowest BCUT2D eigenvalue weighted by molar-refractivity contribution is -0.120. The summed E-state index contributed by atoms with van der Waals surface area (Å²) < 4.78 is 8.96. The molecule has 1 fully saturated rings. The van der Waals surface area contributed by atoms with Crippen LogP contribution in [-0.2, 0) is 23.1 Å². The fourth-order valence-corrected chi connectivity index (χ4v) is 4.97. The number of carbonyl (C=O) groups excluding carboxylic acids is 2. The second kappa shape index (κ2) is 11.5. The molecule has 1 aliphatic carbocycles. The maximum atomic E-state index is 13.2. The number of thioether (sulfide) groups is 1. The predicted molar refractivity (Wildman–Crippen MR) is 131 cm³/mol. The van der Waals surface area contributed by atoms with E-state index in [1.54, 1.807) is 25.8 Å². The summed E-state index contributed by atoms with van der Waals surface area (Å²) in [6, 6.07) is 3.58. The molecule has 0 unspecified atom stereocenters. The number of benzene rings is 1. The van der Waals surface area contributed by atoms with Crippen LogP contribution >= 0.6 is 11.8 Å². The van der Waals surface area contributed by atoms with E-state index in [-0.39, 0.29) is 17.7 Å². The van der Waals surface area contributed by atoms with Gasteiger partial charge in [0.25, 0.3) is 5.91 Å². The molecule has 3 aromatic rings. The minimum Gasteiger partial charge on any atom is -0.383 e. The Morgan fingerprint density at radius 2 is 2.03 bits per heavy atom. The number of methoxy groups -OCH3 is 1. The molecule has 1 aromatic carbocycles. The number of hydrogen-bond acceptors (Lipinski definition) is 7. The van der Waals surface area contributed by atoms with Crippen LogP contribution in [0.2, 0.25) is 0 Å². The summed E-state index contributed by atoms with van der Waals surface area (Å²) in [5, 5.41) is 14.7. The van der Waals surface area contributed by atoms with Crippen molar-refractivity contribution in [1.82, 2.24) is 29.6 Å². The Hall–Kier alpha value is -2.92. The number of hydrogen-bond donors (Lipinski definition) is 2. The van der Waals surface area contributed by atoms with E-state index in [0.717, 1.165) is 36.4 Å². The van der Waals surface area contributed by atoms with Gasteiger partial charge < -0.3 is 24.5 Å². The molecule has 0 radical (unpaired) electrons. The molecule has 2 heterocycles. The monoisotopic (exact) mass is 485 g/mol. The van der Waals surface area contributed by atoms with Crippen LogP contribution in [0.25, 0.3) is 11.0 Å². The van der Waals surface area contributed by atoms with E-state index in [4.69, 9.17) is 4.74 Å². The van der Waals surface area contributed by atoms with Crippen molar-refractivity contribution in [2.45, 2.75) is 43.8 Å². The summed E-state index contributed by atoms with van der Waals surface area (Å²) in [7, 11) is 3.52. The van der Waals surface area contributed by atoms with Crippen molar-refractivity contribution in [2.24, 2.45) is 13.0 Å². The van der Waals surface area contributed by atoms with Gasteiger partial charge in [-0.3, -0.25) is 9.59 Å². The van der Waals surface area contributed by atoms with Gasteiger partial charge in [-0.2, -0.15) is 0 Å². The smallest absolute Gasteiger partial charge is 0.253 e. The molecule has 11 heteroatoms. The van der Waals surface area contributed by atoms with Crippen LogP contribution < -0.4 is 10.6 Å². The molecule has 2 amide bonds. The summed E-state index contributed by atoms with van der Waals surface area (Å²) in [5.41, 5.74) is 2.47. The van der Waals surface area contributed by atoms with Crippen LogP contribution in [-0.4, -0.2) is 62.1 Å². The first-order valence-electron chi connectivity index (χ1n) is 11.6. The van der Waals surface area contributed by atoms with Crippen LogP contribution in [0.3, 0.4) is 0 Å². The quantitative estimate of drug-likeness (QED) is 0.335. The van der Waals surface area contributed by atoms with Crippen molar-refractivity contribution in [3.8, 4) is 0 Å². The Kier molecular flexibility index (Phi) is 8.17. The minimum atomic E-state index is -0.212. The van der Waals surface area contributed by atoms with E-state index in [1.807, 2.05) is 22.2 Å². The summed E-state index contributed by atoms with van der Waals surface area (Å²) in [6.07, 6.45) is 8.53. The van der Waals surface area contributed by atoms with Gasteiger partial charge in [0, 0.05) is 44.6 Å². The highest BCUT2D eigenvalue weighted by molar-refractivity contribution is 7.99. The fourth-order valence-electron chi connectivity index (χ4n) is 4.23. The average molecular weight is 486 g/mol. The Bertz CT molecular complexity index is 1140. The van der Waals surface area contributed by atoms with E-state index in [0.29, 0.717) is 42.2 Å². The number of imidazole rings is 1. The fraction of sp³-hybridized carbons (Fsp3) is 0.522. The number of amides is 2. The van der Waals surface area contributed by atoms with Crippen molar-refractivity contribution in [3.05, 3.63) is 30.4 Å². The van der Waals surface area contributed by atoms with Crippen LogP contribution in [0, 0.1) is 5.92 Å². The maximum Gasteiger partial charge on any atom is 0.253 e. The zero-order valence-corrected chi connectivity index (χ0v) is 20.4. The van der Waals surface area contributed by atoms with Crippen LogP contribution in [0.4, 0.5) is 5.69 Å². The number of carbonyl (C=O) groups is 2. The predicted octanol–water partition coefficient (Wildman–Crippen LogP) is 2.85. The van der Waals surface area contributed by atoms with Crippen molar-refractivity contribution in [2.75, 3.05) is 31.3 Å². The van der Waals surface area contributed by atoms with Crippen molar-refractivity contribution < 1.29 is 14.3 Å². The molecular weight excluding hydrogens is 454 g/mol.